The summed E-state index contributed by atoms with van der Waals surface area (Å²) in [6.07, 6.45) is 5.53. The third kappa shape index (κ3) is 3.93. The Bertz CT molecular complexity index is 856. The molecule has 3 rings (SSSR count). The van der Waals surface area contributed by atoms with Crippen LogP contribution in [-0.4, -0.2) is 38.7 Å². The van der Waals surface area contributed by atoms with Crippen LogP contribution in [0.5, 0.6) is 0 Å². The molecule has 0 unspecified atom stereocenters. The molecule has 6 nitrogen and oxygen atoms in total. The molecule has 1 aliphatic rings. The third-order valence-electron chi connectivity index (χ3n) is 4.05. The minimum Gasteiger partial charge on any atom is -0.481 e. The third-order valence-corrected chi connectivity index (χ3v) is 4.96. The van der Waals surface area contributed by atoms with Gasteiger partial charge in [0.15, 0.2) is 0 Å². The van der Waals surface area contributed by atoms with E-state index in [1.807, 2.05) is 30.5 Å². The van der Waals surface area contributed by atoms with Crippen molar-refractivity contribution in [3.8, 4) is 0 Å². The van der Waals surface area contributed by atoms with Gasteiger partial charge in [-0.2, -0.15) is 0 Å². The maximum absolute atomic E-state index is 12.5. The van der Waals surface area contributed by atoms with Crippen LogP contribution in [0.4, 0.5) is 4.79 Å². The van der Waals surface area contributed by atoms with Crippen LogP contribution in [0.15, 0.2) is 35.4 Å². The highest BCUT2D eigenvalue weighted by Gasteiger charge is 2.34. The smallest absolute Gasteiger partial charge is 0.303 e. The lowest BCUT2D eigenvalue weighted by Crippen LogP contribution is -2.29. The number of imide groups is 1. The minimum atomic E-state index is -0.826. The van der Waals surface area contributed by atoms with E-state index in [1.54, 1.807) is 6.08 Å². The first-order valence-corrected chi connectivity index (χ1v) is 8.91. The highest BCUT2D eigenvalue weighted by molar-refractivity contribution is 8.18. The molecule has 0 radical (unpaired) electrons. The van der Waals surface area contributed by atoms with E-state index in [9.17, 15) is 14.4 Å². The first kappa shape index (κ1) is 17.3. The number of fused-ring (bicyclic) bond motifs is 1. The molecule has 1 aliphatic heterocycles. The van der Waals surface area contributed by atoms with Crippen LogP contribution in [0.3, 0.4) is 0 Å². The van der Waals surface area contributed by atoms with Crippen molar-refractivity contribution < 1.29 is 19.5 Å². The number of carbonyl (C=O) groups is 3. The second-order valence-electron chi connectivity index (χ2n) is 5.83. The van der Waals surface area contributed by atoms with Gasteiger partial charge in [-0.15, -0.1) is 0 Å². The molecule has 130 valence electrons. The van der Waals surface area contributed by atoms with E-state index < -0.39 is 5.97 Å². The number of hydrogen-bond acceptors (Lipinski definition) is 4. The van der Waals surface area contributed by atoms with Gasteiger partial charge in [0, 0.05) is 35.6 Å². The lowest BCUT2D eigenvalue weighted by molar-refractivity contribution is -0.137. The molecule has 1 aromatic carbocycles. The van der Waals surface area contributed by atoms with Crippen LogP contribution in [-0.2, 0) is 9.59 Å². The second-order valence-corrected chi connectivity index (χ2v) is 6.82. The fourth-order valence-electron chi connectivity index (χ4n) is 2.77. The summed E-state index contributed by atoms with van der Waals surface area (Å²) in [5, 5.41) is 9.34. The number of hydrogen-bond donors (Lipinski definition) is 2. The molecule has 0 aliphatic carbocycles. The first-order valence-electron chi connectivity index (χ1n) is 8.09. The summed E-state index contributed by atoms with van der Waals surface area (Å²) < 4.78 is 0. The van der Waals surface area contributed by atoms with Crippen molar-refractivity contribution in [3.05, 3.63) is 40.9 Å². The zero-order chi connectivity index (χ0) is 17.8. The Hall–Kier alpha value is -2.54. The van der Waals surface area contributed by atoms with Gasteiger partial charge in [0.2, 0.25) is 0 Å². The number of nitrogens with zero attached hydrogens (tertiary/aromatic N) is 1. The van der Waals surface area contributed by atoms with Crippen LogP contribution < -0.4 is 0 Å². The highest BCUT2D eigenvalue weighted by atomic mass is 32.2. The molecule has 25 heavy (non-hydrogen) atoms. The summed E-state index contributed by atoms with van der Waals surface area (Å²) in [4.78, 5) is 39.8. The van der Waals surface area contributed by atoms with E-state index in [1.165, 1.54) is 4.90 Å². The number of unbranched alkanes of at least 4 members (excludes halogenated alkanes) is 2. The first-order chi connectivity index (χ1) is 12.1. The van der Waals surface area contributed by atoms with E-state index in [0.717, 1.165) is 28.2 Å². The number of thioether (sulfide) groups is 1. The Labute approximate surface area is 148 Å². The van der Waals surface area contributed by atoms with Gasteiger partial charge < -0.3 is 10.1 Å². The molecular weight excluding hydrogens is 340 g/mol. The highest BCUT2D eigenvalue weighted by Crippen LogP contribution is 2.33. The molecule has 2 amide bonds. The standard InChI is InChI=1S/C18H18N2O4S/c21-16(22)8-2-1-5-9-20-17(23)15(25-18(20)24)10-12-11-19-14-7-4-3-6-13(12)14/h3-4,6-7,10-11,19H,1-2,5,8-9H2,(H,21,22)/b15-10-. The molecule has 1 aromatic heterocycles. The van der Waals surface area contributed by atoms with E-state index in [-0.39, 0.29) is 17.6 Å². The Morgan fingerprint density at radius 2 is 2.00 bits per heavy atom. The Balaban J connectivity index is 1.65. The Morgan fingerprint density at radius 1 is 1.20 bits per heavy atom. The number of carboxylic acids is 1. The number of carboxylic acid groups (broad SMARTS) is 1. The van der Waals surface area contributed by atoms with Crippen LogP contribution in [0.1, 0.15) is 31.2 Å². The van der Waals surface area contributed by atoms with Crippen molar-refractivity contribution in [2.24, 2.45) is 0 Å². The van der Waals surface area contributed by atoms with Crippen LogP contribution in [0.2, 0.25) is 0 Å². The van der Waals surface area contributed by atoms with Gasteiger partial charge in [0.05, 0.1) is 4.91 Å². The number of H-pyrrole nitrogens is 1. The number of para-hydroxylation sites is 1. The van der Waals surface area contributed by atoms with Gasteiger partial charge in [0.1, 0.15) is 0 Å². The maximum Gasteiger partial charge on any atom is 0.303 e. The van der Waals surface area contributed by atoms with Crippen molar-refractivity contribution in [1.82, 2.24) is 9.88 Å². The van der Waals surface area contributed by atoms with Crippen molar-refractivity contribution >= 4 is 45.9 Å². The summed E-state index contributed by atoms with van der Waals surface area (Å²) in [5.41, 5.74) is 1.86. The van der Waals surface area contributed by atoms with Crippen molar-refractivity contribution in [3.63, 3.8) is 0 Å². The normalized spacial score (nSPS) is 16.3. The van der Waals surface area contributed by atoms with Crippen molar-refractivity contribution in [2.45, 2.75) is 25.7 Å². The van der Waals surface area contributed by atoms with Crippen LogP contribution in [0, 0.1) is 0 Å². The van der Waals surface area contributed by atoms with Gasteiger partial charge in [-0.25, -0.2) is 0 Å². The average Bonchev–Trinajstić information content (AvgIpc) is 3.10. The number of amides is 2. The number of nitrogens with one attached hydrogen (secondary N) is 1. The summed E-state index contributed by atoms with van der Waals surface area (Å²) >= 11 is 0.948. The van der Waals surface area contributed by atoms with Crippen LogP contribution >= 0.6 is 11.8 Å². The zero-order valence-corrected chi connectivity index (χ0v) is 14.3. The second kappa shape index (κ2) is 7.57. The van der Waals surface area contributed by atoms with Gasteiger partial charge in [-0.3, -0.25) is 19.3 Å². The number of aliphatic carboxylic acids is 1. The molecule has 1 fully saturated rings. The maximum atomic E-state index is 12.5. The van der Waals surface area contributed by atoms with E-state index >= 15 is 0 Å². The van der Waals surface area contributed by atoms with Gasteiger partial charge in [-0.1, -0.05) is 24.6 Å². The molecule has 0 spiro atoms. The molecule has 2 N–H and O–H groups in total. The molecule has 2 heterocycles. The summed E-state index contributed by atoms with van der Waals surface area (Å²) in [7, 11) is 0. The van der Waals surface area contributed by atoms with Crippen LogP contribution in [0.25, 0.3) is 17.0 Å². The van der Waals surface area contributed by atoms with E-state index in [0.29, 0.717) is 30.7 Å². The summed E-state index contributed by atoms with van der Waals surface area (Å²) in [5.74, 6) is -1.11. The quantitative estimate of drug-likeness (QED) is 0.579. The van der Waals surface area contributed by atoms with E-state index in [2.05, 4.69) is 4.98 Å². The van der Waals surface area contributed by atoms with Gasteiger partial charge in [-0.05, 0) is 36.7 Å². The lowest BCUT2D eigenvalue weighted by Gasteiger charge is -2.11. The molecule has 7 heteroatoms. The molecule has 0 saturated carbocycles. The largest absolute Gasteiger partial charge is 0.481 e. The number of aromatic amines is 1. The van der Waals surface area contributed by atoms with E-state index in [4.69, 9.17) is 5.11 Å². The monoisotopic (exact) mass is 358 g/mol. The number of benzene rings is 1. The average molecular weight is 358 g/mol. The Morgan fingerprint density at radius 3 is 2.80 bits per heavy atom. The molecule has 1 saturated heterocycles. The van der Waals surface area contributed by atoms with Gasteiger partial charge >= 0.3 is 5.97 Å². The molecular formula is C18H18N2O4S. The van der Waals surface area contributed by atoms with Crippen molar-refractivity contribution in [1.29, 1.82) is 0 Å². The summed E-state index contributed by atoms with van der Waals surface area (Å²) in [6.45, 7) is 0.329. The number of aromatic nitrogens is 1. The fraction of sp³-hybridized carbons (Fsp3) is 0.278. The molecule has 0 atom stereocenters. The predicted molar refractivity (Wildman–Crippen MR) is 97.1 cm³/mol. The number of rotatable bonds is 7. The summed E-state index contributed by atoms with van der Waals surface area (Å²) in [6, 6.07) is 7.77. The SMILES string of the molecule is O=C(O)CCCCCN1C(=O)S/C(=C\c2c[nH]c3ccccc23)C1=O. The zero-order valence-electron chi connectivity index (χ0n) is 13.5. The fourth-order valence-corrected chi connectivity index (χ4v) is 3.63. The number of carbonyl (C=O) groups excluding carboxylic acids is 2. The van der Waals surface area contributed by atoms with Gasteiger partial charge in [0.25, 0.3) is 11.1 Å². The lowest BCUT2D eigenvalue weighted by atomic mass is 10.1. The topological polar surface area (TPSA) is 90.5 Å². The molecule has 2 aromatic rings. The molecule has 0 bridgehead atoms. The predicted octanol–water partition coefficient (Wildman–Crippen LogP) is 3.85. The minimum absolute atomic E-state index is 0.113. The Kier molecular flexibility index (Phi) is 5.23. The van der Waals surface area contributed by atoms with Crippen molar-refractivity contribution in [2.75, 3.05) is 6.54 Å².